The summed E-state index contributed by atoms with van der Waals surface area (Å²) in [5.74, 6) is 0.877. The van der Waals surface area contributed by atoms with Crippen LogP contribution in [0.15, 0.2) is 24.5 Å². The number of anilines is 1. The summed E-state index contributed by atoms with van der Waals surface area (Å²) >= 11 is 6.11. The maximum atomic E-state index is 11.7. The van der Waals surface area contributed by atoms with Crippen molar-refractivity contribution in [3.05, 3.63) is 29.5 Å². The number of fused-ring (bicyclic) bond motifs is 1. The van der Waals surface area contributed by atoms with Crippen molar-refractivity contribution >= 4 is 34.4 Å². The molecule has 22 heavy (non-hydrogen) atoms. The normalized spacial score (nSPS) is 21.7. The van der Waals surface area contributed by atoms with Crippen LogP contribution in [0.4, 0.5) is 10.6 Å². The molecule has 7 heteroatoms. The SMILES string of the molecule is O=C1OCCN1C1CCN(c2ncnc3ccc(Cl)cc23)C1. The van der Waals surface area contributed by atoms with Gasteiger partial charge in [0.2, 0.25) is 0 Å². The van der Waals surface area contributed by atoms with Crippen molar-refractivity contribution in [1.82, 2.24) is 14.9 Å². The molecule has 1 aromatic heterocycles. The van der Waals surface area contributed by atoms with Gasteiger partial charge in [-0.15, -0.1) is 0 Å². The third kappa shape index (κ3) is 2.23. The Morgan fingerprint density at radius 1 is 1.27 bits per heavy atom. The summed E-state index contributed by atoms with van der Waals surface area (Å²) in [6.45, 7) is 2.77. The summed E-state index contributed by atoms with van der Waals surface area (Å²) in [6.07, 6.45) is 2.28. The van der Waals surface area contributed by atoms with Crippen molar-refractivity contribution in [2.45, 2.75) is 12.5 Å². The Labute approximate surface area is 132 Å². The fourth-order valence-corrected chi connectivity index (χ4v) is 3.37. The number of benzene rings is 1. The monoisotopic (exact) mass is 318 g/mol. The average molecular weight is 319 g/mol. The van der Waals surface area contributed by atoms with Gasteiger partial charge in [0, 0.05) is 23.5 Å². The first-order chi connectivity index (χ1) is 10.7. The van der Waals surface area contributed by atoms with E-state index in [1.807, 2.05) is 23.1 Å². The second kappa shape index (κ2) is 5.28. The van der Waals surface area contributed by atoms with E-state index >= 15 is 0 Å². The van der Waals surface area contributed by atoms with Crippen molar-refractivity contribution in [2.24, 2.45) is 0 Å². The molecule has 2 aliphatic rings. The maximum absolute atomic E-state index is 11.7. The summed E-state index contributed by atoms with van der Waals surface area (Å²) in [4.78, 5) is 24.4. The lowest BCUT2D eigenvalue weighted by molar-refractivity contribution is 0.150. The standard InChI is InChI=1S/C15H15ClN4O2/c16-10-1-2-13-12(7-10)14(18-9-17-13)19-4-3-11(8-19)20-5-6-22-15(20)21/h1-2,7,9,11H,3-6,8H2. The van der Waals surface area contributed by atoms with Gasteiger partial charge >= 0.3 is 6.09 Å². The molecule has 1 amide bonds. The van der Waals surface area contributed by atoms with Crippen LogP contribution in [0.1, 0.15) is 6.42 Å². The van der Waals surface area contributed by atoms with E-state index in [-0.39, 0.29) is 12.1 Å². The van der Waals surface area contributed by atoms with Gasteiger partial charge in [-0.3, -0.25) is 4.90 Å². The molecule has 3 heterocycles. The smallest absolute Gasteiger partial charge is 0.410 e. The Hall–Kier alpha value is -2.08. The van der Waals surface area contributed by atoms with Gasteiger partial charge in [0.1, 0.15) is 18.8 Å². The van der Waals surface area contributed by atoms with Crippen LogP contribution in [-0.4, -0.2) is 53.2 Å². The Morgan fingerprint density at radius 2 is 2.18 bits per heavy atom. The molecule has 0 aliphatic carbocycles. The van der Waals surface area contributed by atoms with Gasteiger partial charge in [0.25, 0.3) is 0 Å². The zero-order chi connectivity index (χ0) is 15.1. The highest BCUT2D eigenvalue weighted by atomic mass is 35.5. The predicted octanol–water partition coefficient (Wildman–Crippen LogP) is 2.31. The summed E-state index contributed by atoms with van der Waals surface area (Å²) in [6, 6.07) is 5.80. The molecule has 2 saturated heterocycles. The largest absolute Gasteiger partial charge is 0.448 e. The summed E-state index contributed by atoms with van der Waals surface area (Å²) in [5, 5.41) is 1.61. The number of cyclic esters (lactones) is 1. The van der Waals surface area contributed by atoms with Crippen LogP contribution in [0.25, 0.3) is 10.9 Å². The Kier molecular flexibility index (Phi) is 3.26. The van der Waals surface area contributed by atoms with E-state index in [0.717, 1.165) is 36.2 Å². The van der Waals surface area contributed by atoms with Crippen molar-refractivity contribution in [3.8, 4) is 0 Å². The summed E-state index contributed by atoms with van der Waals surface area (Å²) < 4.78 is 5.03. The fourth-order valence-electron chi connectivity index (χ4n) is 3.19. The van der Waals surface area contributed by atoms with Gasteiger partial charge in [0.05, 0.1) is 18.1 Å². The number of amides is 1. The van der Waals surface area contributed by atoms with E-state index in [0.29, 0.717) is 18.2 Å². The van der Waals surface area contributed by atoms with Crippen molar-refractivity contribution in [1.29, 1.82) is 0 Å². The fraction of sp³-hybridized carbons (Fsp3) is 0.400. The van der Waals surface area contributed by atoms with Crippen LogP contribution in [0, 0.1) is 0 Å². The van der Waals surface area contributed by atoms with Crippen LogP contribution in [0.5, 0.6) is 0 Å². The van der Waals surface area contributed by atoms with Gasteiger partial charge in [-0.1, -0.05) is 11.6 Å². The molecule has 6 nitrogen and oxygen atoms in total. The molecule has 2 aromatic rings. The number of hydrogen-bond donors (Lipinski definition) is 0. The zero-order valence-corrected chi connectivity index (χ0v) is 12.7. The summed E-state index contributed by atoms with van der Waals surface area (Å²) in [5.41, 5.74) is 0.874. The molecule has 2 aliphatic heterocycles. The van der Waals surface area contributed by atoms with Crippen LogP contribution >= 0.6 is 11.6 Å². The molecule has 0 bridgehead atoms. The molecular formula is C15H15ClN4O2. The Morgan fingerprint density at radius 3 is 3.00 bits per heavy atom. The molecule has 0 spiro atoms. The van der Waals surface area contributed by atoms with Crippen LogP contribution in [-0.2, 0) is 4.74 Å². The first-order valence-corrected chi connectivity index (χ1v) is 7.69. The molecular weight excluding hydrogens is 304 g/mol. The van der Waals surface area contributed by atoms with Crippen LogP contribution in [0.2, 0.25) is 5.02 Å². The quantitative estimate of drug-likeness (QED) is 0.850. The molecule has 1 aromatic carbocycles. The van der Waals surface area contributed by atoms with Gasteiger partial charge in [-0.2, -0.15) is 0 Å². The minimum Gasteiger partial charge on any atom is -0.448 e. The number of halogens is 1. The molecule has 1 unspecified atom stereocenters. The molecule has 0 N–H and O–H groups in total. The second-order valence-electron chi connectivity index (χ2n) is 5.56. The number of hydrogen-bond acceptors (Lipinski definition) is 5. The molecule has 4 rings (SSSR count). The number of carbonyl (C=O) groups is 1. The minimum absolute atomic E-state index is 0.180. The number of nitrogens with zero attached hydrogens (tertiary/aromatic N) is 4. The third-order valence-corrected chi connectivity index (χ3v) is 4.51. The highest BCUT2D eigenvalue weighted by molar-refractivity contribution is 6.31. The Bertz CT molecular complexity index is 739. The maximum Gasteiger partial charge on any atom is 0.410 e. The molecule has 0 radical (unpaired) electrons. The molecule has 2 fully saturated rings. The van der Waals surface area contributed by atoms with Crippen molar-refractivity contribution < 1.29 is 9.53 Å². The lowest BCUT2D eigenvalue weighted by Gasteiger charge is -2.23. The molecule has 114 valence electrons. The van der Waals surface area contributed by atoms with Crippen LogP contribution < -0.4 is 4.90 Å². The van der Waals surface area contributed by atoms with E-state index in [4.69, 9.17) is 16.3 Å². The lowest BCUT2D eigenvalue weighted by atomic mass is 10.2. The van der Waals surface area contributed by atoms with Crippen molar-refractivity contribution in [2.75, 3.05) is 31.1 Å². The van der Waals surface area contributed by atoms with E-state index in [2.05, 4.69) is 14.9 Å². The summed E-state index contributed by atoms with van der Waals surface area (Å²) in [7, 11) is 0. The van der Waals surface area contributed by atoms with Crippen molar-refractivity contribution in [3.63, 3.8) is 0 Å². The van der Waals surface area contributed by atoms with Gasteiger partial charge in [-0.25, -0.2) is 14.8 Å². The lowest BCUT2D eigenvalue weighted by Crippen LogP contribution is -2.38. The number of rotatable bonds is 2. The Balaban J connectivity index is 1.63. The van der Waals surface area contributed by atoms with E-state index in [1.54, 1.807) is 6.33 Å². The first kappa shape index (κ1) is 13.6. The number of ether oxygens (including phenoxy) is 1. The van der Waals surface area contributed by atoms with E-state index < -0.39 is 0 Å². The third-order valence-electron chi connectivity index (χ3n) is 4.27. The number of aromatic nitrogens is 2. The van der Waals surface area contributed by atoms with Crippen LogP contribution in [0.3, 0.4) is 0 Å². The second-order valence-corrected chi connectivity index (χ2v) is 5.99. The molecule has 0 saturated carbocycles. The predicted molar refractivity (Wildman–Crippen MR) is 83.2 cm³/mol. The van der Waals surface area contributed by atoms with Gasteiger partial charge in [0.15, 0.2) is 0 Å². The first-order valence-electron chi connectivity index (χ1n) is 7.31. The van der Waals surface area contributed by atoms with Gasteiger partial charge < -0.3 is 9.64 Å². The van der Waals surface area contributed by atoms with E-state index in [9.17, 15) is 4.79 Å². The minimum atomic E-state index is -0.206. The van der Waals surface area contributed by atoms with Gasteiger partial charge in [-0.05, 0) is 24.6 Å². The topological polar surface area (TPSA) is 58.6 Å². The average Bonchev–Trinajstić information content (AvgIpc) is 3.15. The molecule has 1 atom stereocenters. The zero-order valence-electron chi connectivity index (χ0n) is 11.9. The number of carbonyl (C=O) groups excluding carboxylic acids is 1. The highest BCUT2D eigenvalue weighted by Gasteiger charge is 2.35. The highest BCUT2D eigenvalue weighted by Crippen LogP contribution is 2.29. The van der Waals surface area contributed by atoms with E-state index in [1.165, 1.54) is 0 Å².